The Bertz CT molecular complexity index is 2930. The first-order valence-corrected chi connectivity index (χ1v) is 18.1. The lowest BCUT2D eigenvalue weighted by Gasteiger charge is -2.19. The Balaban J connectivity index is 1.21. The summed E-state index contributed by atoms with van der Waals surface area (Å²) in [6, 6.07) is 61.4. The summed E-state index contributed by atoms with van der Waals surface area (Å²) < 4.78 is 0. The number of fused-ring (bicyclic) bond motifs is 5. The zero-order chi connectivity index (χ0) is 33.8. The first kappa shape index (κ1) is 28.6. The lowest BCUT2D eigenvalue weighted by Crippen LogP contribution is -1.93. The Hall–Kier alpha value is -6.24. The second kappa shape index (κ2) is 10.6. The van der Waals surface area contributed by atoms with E-state index in [1.54, 1.807) is 0 Å². The van der Waals surface area contributed by atoms with Crippen LogP contribution in [0.25, 0.3) is 109 Å². The summed E-state index contributed by atoms with van der Waals surface area (Å²) in [7, 11) is 0. The molecule has 0 spiro atoms. The van der Waals surface area contributed by atoms with Crippen LogP contribution in [0.5, 0.6) is 0 Å². The van der Waals surface area contributed by atoms with Crippen LogP contribution in [0.3, 0.4) is 0 Å². The van der Waals surface area contributed by atoms with E-state index in [1.165, 1.54) is 115 Å². The first-order chi connectivity index (χ1) is 25.2. The van der Waals surface area contributed by atoms with Gasteiger partial charge in [-0.3, -0.25) is 0 Å². The van der Waals surface area contributed by atoms with Crippen molar-refractivity contribution in [3.63, 3.8) is 0 Å². The van der Waals surface area contributed by atoms with E-state index in [-0.39, 0.29) is 0 Å². The van der Waals surface area contributed by atoms with Crippen LogP contribution in [0.1, 0.15) is 25.3 Å². The molecule has 51 heavy (non-hydrogen) atoms. The molecule has 10 aromatic carbocycles. The highest BCUT2D eigenvalue weighted by atomic mass is 14.3. The molecule has 11 rings (SSSR count). The molecule has 0 fully saturated rings. The van der Waals surface area contributed by atoms with Gasteiger partial charge >= 0.3 is 0 Å². The predicted octanol–water partition coefficient (Wildman–Crippen LogP) is 14.7. The van der Waals surface area contributed by atoms with Gasteiger partial charge in [0.1, 0.15) is 0 Å². The summed E-state index contributed by atoms with van der Waals surface area (Å²) in [6.07, 6.45) is 0. The lowest BCUT2D eigenvalue weighted by atomic mass is 9.84. The van der Waals surface area contributed by atoms with E-state index < -0.39 is 0 Å². The van der Waals surface area contributed by atoms with E-state index in [0.717, 1.165) is 0 Å². The van der Waals surface area contributed by atoms with Crippen LogP contribution >= 0.6 is 0 Å². The fourth-order valence-corrected chi connectivity index (χ4v) is 9.41. The maximum atomic E-state index is 2.40. The van der Waals surface area contributed by atoms with Gasteiger partial charge in [-0.15, -0.1) is 0 Å². The normalized spacial score (nSPS) is 12.3. The van der Waals surface area contributed by atoms with Gasteiger partial charge in [0, 0.05) is 0 Å². The standard InChI is InChI=1S/C51H34/c1-30(2)33-22-27-43-44-28-25-36(39-17-10-20-42(48(39)44)41-19-9-16-38(33)47(41)43)37-26-29-46-49-40(37)18-11-21-45(49)50-34(31-12-5-3-6-13-31)23-24-35(51(46)50)32-14-7-4-8-15-32/h3-30H,1-2H3. The summed E-state index contributed by atoms with van der Waals surface area (Å²) in [6.45, 7) is 4.60. The quantitative estimate of drug-likeness (QED) is 0.132. The largest absolute Gasteiger partial charge is 0.0622 e. The second-order valence-electron chi connectivity index (χ2n) is 14.5. The number of hydrogen-bond acceptors (Lipinski definition) is 0. The molecule has 0 radical (unpaired) electrons. The SMILES string of the molecule is CC(C)c1ccc2c3ccc(-c4ccc5c6c(cccc46)-c4c(-c6ccccc6)ccc(-c6ccccc6)c4-5)c4cccc(c5cccc1c52)c43. The van der Waals surface area contributed by atoms with Gasteiger partial charge in [0.15, 0.2) is 0 Å². The Morgan fingerprint density at radius 2 is 0.686 bits per heavy atom. The molecule has 0 nitrogen and oxygen atoms in total. The van der Waals surface area contributed by atoms with Crippen LogP contribution in [-0.4, -0.2) is 0 Å². The van der Waals surface area contributed by atoms with Gasteiger partial charge in [0.05, 0.1) is 0 Å². The van der Waals surface area contributed by atoms with Crippen LogP contribution in [0, 0.1) is 0 Å². The molecule has 0 unspecified atom stereocenters. The molecule has 0 heteroatoms. The highest BCUT2D eigenvalue weighted by Crippen LogP contribution is 2.56. The third-order valence-corrected chi connectivity index (χ3v) is 11.6. The second-order valence-corrected chi connectivity index (χ2v) is 14.5. The lowest BCUT2D eigenvalue weighted by molar-refractivity contribution is 0.877. The van der Waals surface area contributed by atoms with E-state index in [1.807, 2.05) is 0 Å². The maximum absolute atomic E-state index is 2.40. The third-order valence-electron chi connectivity index (χ3n) is 11.6. The van der Waals surface area contributed by atoms with Gasteiger partial charge in [0.2, 0.25) is 0 Å². The molecule has 238 valence electrons. The molecule has 0 atom stereocenters. The zero-order valence-corrected chi connectivity index (χ0v) is 28.7. The fourth-order valence-electron chi connectivity index (χ4n) is 9.41. The maximum Gasteiger partial charge on any atom is -0.00139 e. The smallest absolute Gasteiger partial charge is 0.00139 e. The van der Waals surface area contributed by atoms with E-state index in [9.17, 15) is 0 Å². The van der Waals surface area contributed by atoms with Crippen molar-refractivity contribution < 1.29 is 0 Å². The summed E-state index contributed by atoms with van der Waals surface area (Å²) in [4.78, 5) is 0. The molecule has 1 aliphatic carbocycles. The molecule has 1 aliphatic rings. The number of benzene rings is 10. The minimum absolute atomic E-state index is 0.469. The van der Waals surface area contributed by atoms with E-state index in [0.29, 0.717) is 5.92 Å². The molecular formula is C51H34. The van der Waals surface area contributed by atoms with Crippen molar-refractivity contribution in [3.8, 4) is 55.6 Å². The topological polar surface area (TPSA) is 0 Å². The van der Waals surface area contributed by atoms with Crippen LogP contribution in [0.4, 0.5) is 0 Å². The molecule has 0 amide bonds. The van der Waals surface area contributed by atoms with Crippen LogP contribution < -0.4 is 0 Å². The van der Waals surface area contributed by atoms with E-state index in [4.69, 9.17) is 0 Å². The highest BCUT2D eigenvalue weighted by molar-refractivity contribution is 6.35. The van der Waals surface area contributed by atoms with Crippen LogP contribution in [0.2, 0.25) is 0 Å². The fraction of sp³-hybridized carbons (Fsp3) is 0.0588. The Labute approximate surface area is 297 Å². The highest BCUT2D eigenvalue weighted by Gasteiger charge is 2.29. The Morgan fingerprint density at radius 1 is 0.275 bits per heavy atom. The molecular weight excluding hydrogens is 613 g/mol. The van der Waals surface area contributed by atoms with Crippen molar-refractivity contribution >= 4 is 53.9 Å². The predicted molar refractivity (Wildman–Crippen MR) is 220 cm³/mol. The van der Waals surface area contributed by atoms with Gasteiger partial charge in [0.25, 0.3) is 0 Å². The molecule has 10 aromatic rings. The number of hydrogen-bond donors (Lipinski definition) is 0. The van der Waals surface area contributed by atoms with Crippen molar-refractivity contribution in [2.45, 2.75) is 19.8 Å². The summed E-state index contributed by atoms with van der Waals surface area (Å²) in [5.41, 5.74) is 14.4. The summed E-state index contributed by atoms with van der Waals surface area (Å²) in [5, 5.41) is 13.5. The molecule has 0 heterocycles. The molecule has 0 aliphatic heterocycles. The first-order valence-electron chi connectivity index (χ1n) is 18.1. The minimum atomic E-state index is 0.469. The van der Waals surface area contributed by atoms with Gasteiger partial charge in [-0.1, -0.05) is 178 Å². The van der Waals surface area contributed by atoms with Gasteiger partial charge in [-0.25, -0.2) is 0 Å². The molecule has 0 bridgehead atoms. The van der Waals surface area contributed by atoms with Crippen molar-refractivity contribution in [2.75, 3.05) is 0 Å². The zero-order valence-electron chi connectivity index (χ0n) is 28.7. The van der Waals surface area contributed by atoms with E-state index >= 15 is 0 Å². The minimum Gasteiger partial charge on any atom is -0.0622 e. The van der Waals surface area contributed by atoms with Crippen LogP contribution in [0.15, 0.2) is 164 Å². The summed E-state index contributed by atoms with van der Waals surface area (Å²) in [5.74, 6) is 0.469. The van der Waals surface area contributed by atoms with Crippen molar-refractivity contribution in [3.05, 3.63) is 169 Å². The molecule has 0 saturated heterocycles. The van der Waals surface area contributed by atoms with Gasteiger partial charge in [-0.05, 0) is 121 Å². The summed E-state index contributed by atoms with van der Waals surface area (Å²) >= 11 is 0. The van der Waals surface area contributed by atoms with Gasteiger partial charge in [-0.2, -0.15) is 0 Å². The molecule has 0 aromatic heterocycles. The Morgan fingerprint density at radius 3 is 1.29 bits per heavy atom. The monoisotopic (exact) mass is 646 g/mol. The average molecular weight is 647 g/mol. The van der Waals surface area contributed by atoms with Crippen LogP contribution in [-0.2, 0) is 0 Å². The van der Waals surface area contributed by atoms with E-state index in [2.05, 4.69) is 178 Å². The van der Waals surface area contributed by atoms with Crippen molar-refractivity contribution in [1.82, 2.24) is 0 Å². The number of rotatable bonds is 4. The third kappa shape index (κ3) is 3.91. The molecule has 0 saturated carbocycles. The molecule has 0 N–H and O–H groups in total. The average Bonchev–Trinajstić information content (AvgIpc) is 3.53. The van der Waals surface area contributed by atoms with Gasteiger partial charge < -0.3 is 0 Å². The van der Waals surface area contributed by atoms with Crippen molar-refractivity contribution in [1.29, 1.82) is 0 Å². The van der Waals surface area contributed by atoms with Crippen molar-refractivity contribution in [2.24, 2.45) is 0 Å². The Kier molecular flexibility index (Phi) is 5.96.